The molecule has 2 nitrogen and oxygen atoms in total. The van der Waals surface area contributed by atoms with E-state index in [2.05, 4.69) is 21.2 Å². The van der Waals surface area contributed by atoms with E-state index in [1.54, 1.807) is 24.3 Å². The summed E-state index contributed by atoms with van der Waals surface area (Å²) in [6, 6.07) is 6.45. The number of carbonyl (C=O) groups is 1. The standard InChI is InChI=1S/C11H14BrNO/c1-8-3-5-10(6-4-8)9(2)13-11(14)7-12/h3-6,9H,7H2,1-2H3,(H,13,14)/i1D3. The summed E-state index contributed by atoms with van der Waals surface area (Å²) in [5.41, 5.74) is 1.19. The Morgan fingerprint density at radius 3 is 2.71 bits per heavy atom. The van der Waals surface area contributed by atoms with Gasteiger partial charge in [-0.1, -0.05) is 45.8 Å². The van der Waals surface area contributed by atoms with Crippen LogP contribution in [0.15, 0.2) is 24.3 Å². The van der Waals surface area contributed by atoms with Crippen LogP contribution in [0.5, 0.6) is 0 Å². The van der Waals surface area contributed by atoms with Crippen LogP contribution in [0.1, 0.15) is 28.2 Å². The van der Waals surface area contributed by atoms with Crippen molar-refractivity contribution in [1.82, 2.24) is 5.32 Å². The maximum Gasteiger partial charge on any atom is 0.231 e. The molecular weight excluding hydrogens is 242 g/mol. The fourth-order valence-electron chi connectivity index (χ4n) is 1.14. The molecule has 1 atom stereocenters. The largest absolute Gasteiger partial charge is 0.349 e. The first-order valence-corrected chi connectivity index (χ1v) is 5.42. The van der Waals surface area contributed by atoms with Crippen LogP contribution in [0.3, 0.4) is 0 Å². The molecule has 1 aromatic carbocycles. The van der Waals surface area contributed by atoms with Crippen molar-refractivity contribution in [2.45, 2.75) is 19.8 Å². The molecule has 1 N–H and O–H groups in total. The first-order valence-electron chi connectivity index (χ1n) is 5.80. The average Bonchev–Trinajstić information content (AvgIpc) is 2.27. The molecule has 76 valence electrons. The number of halogens is 1. The Bertz CT molecular complexity index is 389. The van der Waals surface area contributed by atoms with Crippen LogP contribution in [0.4, 0.5) is 0 Å². The zero-order valence-corrected chi connectivity index (χ0v) is 9.47. The highest BCUT2D eigenvalue weighted by Crippen LogP contribution is 2.12. The summed E-state index contributed by atoms with van der Waals surface area (Å²) >= 11 is 3.07. The second kappa shape index (κ2) is 5.15. The molecule has 0 aliphatic heterocycles. The Labute approximate surface area is 97.0 Å². The van der Waals surface area contributed by atoms with Gasteiger partial charge in [-0.2, -0.15) is 0 Å². The summed E-state index contributed by atoms with van der Waals surface area (Å²) in [5, 5.41) is 3.03. The molecule has 14 heavy (non-hydrogen) atoms. The van der Waals surface area contributed by atoms with E-state index in [-0.39, 0.29) is 17.3 Å². The van der Waals surface area contributed by atoms with Gasteiger partial charge in [-0.25, -0.2) is 0 Å². The number of hydrogen-bond donors (Lipinski definition) is 1. The van der Waals surface area contributed by atoms with Crippen molar-refractivity contribution in [3.63, 3.8) is 0 Å². The minimum absolute atomic E-state index is 0.0996. The molecule has 0 saturated carbocycles. The molecule has 1 aromatic rings. The lowest BCUT2D eigenvalue weighted by Gasteiger charge is -2.13. The molecule has 3 heteroatoms. The van der Waals surface area contributed by atoms with Crippen LogP contribution in [0.25, 0.3) is 0 Å². The van der Waals surface area contributed by atoms with Gasteiger partial charge in [0.1, 0.15) is 0 Å². The van der Waals surface area contributed by atoms with Crippen molar-refractivity contribution in [3.05, 3.63) is 35.4 Å². The third kappa shape index (κ3) is 3.14. The van der Waals surface area contributed by atoms with Crippen LogP contribution >= 0.6 is 15.9 Å². The molecule has 0 aliphatic carbocycles. The minimum atomic E-state index is -2.08. The number of alkyl halides is 1. The van der Waals surface area contributed by atoms with E-state index in [1.807, 2.05) is 6.92 Å². The number of hydrogen-bond acceptors (Lipinski definition) is 1. The fraction of sp³-hybridized carbons (Fsp3) is 0.364. The van der Waals surface area contributed by atoms with Crippen LogP contribution < -0.4 is 5.32 Å². The second-order valence-electron chi connectivity index (χ2n) is 3.04. The van der Waals surface area contributed by atoms with Gasteiger partial charge in [0.2, 0.25) is 5.91 Å². The number of amides is 1. The predicted octanol–water partition coefficient (Wildman–Crippen LogP) is 2.57. The van der Waals surface area contributed by atoms with Gasteiger partial charge in [0, 0.05) is 4.11 Å². The minimum Gasteiger partial charge on any atom is -0.349 e. The number of nitrogens with one attached hydrogen (secondary N) is 1. The maximum atomic E-state index is 11.2. The molecule has 0 aliphatic rings. The van der Waals surface area contributed by atoms with Crippen molar-refractivity contribution in [2.75, 3.05) is 5.33 Å². The molecule has 0 saturated heterocycles. The summed E-state index contributed by atoms with van der Waals surface area (Å²) < 4.78 is 21.8. The van der Waals surface area contributed by atoms with Crippen LogP contribution in [0, 0.1) is 6.85 Å². The third-order valence-corrected chi connectivity index (χ3v) is 2.42. The second-order valence-corrected chi connectivity index (χ2v) is 3.61. The molecule has 1 amide bonds. The molecule has 0 bridgehead atoms. The van der Waals surface area contributed by atoms with E-state index in [0.29, 0.717) is 5.56 Å². The Hall–Kier alpha value is -0.830. The predicted molar refractivity (Wildman–Crippen MR) is 61.5 cm³/mol. The fourth-order valence-corrected chi connectivity index (χ4v) is 1.30. The number of carbonyl (C=O) groups excluding carboxylic acids is 1. The summed E-state index contributed by atoms with van der Waals surface area (Å²) in [7, 11) is 0. The smallest absolute Gasteiger partial charge is 0.231 e. The quantitative estimate of drug-likeness (QED) is 0.830. The first-order chi connectivity index (χ1) is 7.84. The topological polar surface area (TPSA) is 29.1 Å². The van der Waals surface area contributed by atoms with E-state index in [0.717, 1.165) is 5.56 Å². The highest BCUT2D eigenvalue weighted by atomic mass is 79.9. The van der Waals surface area contributed by atoms with Gasteiger partial charge >= 0.3 is 0 Å². The van der Waals surface area contributed by atoms with Crippen molar-refractivity contribution in [2.24, 2.45) is 0 Å². The van der Waals surface area contributed by atoms with Gasteiger partial charge in [0.25, 0.3) is 0 Å². The van der Waals surface area contributed by atoms with E-state index in [9.17, 15) is 4.79 Å². The molecule has 0 heterocycles. The molecule has 1 unspecified atom stereocenters. The first kappa shape index (κ1) is 7.46. The van der Waals surface area contributed by atoms with Crippen LogP contribution in [-0.4, -0.2) is 11.2 Å². The van der Waals surface area contributed by atoms with Gasteiger partial charge in [-0.15, -0.1) is 0 Å². The summed E-state index contributed by atoms with van der Waals surface area (Å²) in [6.07, 6.45) is 0. The van der Waals surface area contributed by atoms with Gasteiger partial charge in [0.15, 0.2) is 0 Å². The SMILES string of the molecule is [2H]C([2H])([2H])c1ccc(C(C)NC(=O)CBr)cc1. The van der Waals surface area contributed by atoms with Crippen molar-refractivity contribution >= 4 is 21.8 Å². The summed E-state index contributed by atoms with van der Waals surface area (Å²) in [6.45, 7) is -0.230. The Kier molecular flexibility index (Phi) is 2.74. The van der Waals surface area contributed by atoms with Gasteiger partial charge in [-0.05, 0) is 19.3 Å². The molecule has 0 radical (unpaired) electrons. The lowest BCUT2D eigenvalue weighted by molar-refractivity contribution is -0.119. The van der Waals surface area contributed by atoms with E-state index >= 15 is 0 Å². The van der Waals surface area contributed by atoms with Crippen molar-refractivity contribution < 1.29 is 8.91 Å². The molecule has 0 fully saturated rings. The highest BCUT2D eigenvalue weighted by molar-refractivity contribution is 9.09. The van der Waals surface area contributed by atoms with E-state index in [4.69, 9.17) is 4.11 Å². The maximum absolute atomic E-state index is 11.2. The third-order valence-electron chi connectivity index (χ3n) is 1.91. The van der Waals surface area contributed by atoms with Crippen molar-refractivity contribution in [1.29, 1.82) is 0 Å². The number of aryl methyl sites for hydroxylation is 1. The lowest BCUT2D eigenvalue weighted by Crippen LogP contribution is -2.27. The van der Waals surface area contributed by atoms with Gasteiger partial charge in [-0.3, -0.25) is 4.79 Å². The van der Waals surface area contributed by atoms with Crippen LogP contribution in [0.2, 0.25) is 0 Å². The molecule has 0 spiro atoms. The lowest BCUT2D eigenvalue weighted by atomic mass is 10.1. The van der Waals surface area contributed by atoms with Gasteiger partial charge < -0.3 is 5.32 Å². The zero-order valence-electron chi connectivity index (χ0n) is 10.9. The normalized spacial score (nSPS) is 16.3. The molecule has 0 aromatic heterocycles. The highest BCUT2D eigenvalue weighted by Gasteiger charge is 2.07. The van der Waals surface area contributed by atoms with E-state index in [1.165, 1.54) is 0 Å². The molecule has 1 rings (SSSR count). The number of rotatable bonds is 3. The zero-order chi connectivity index (χ0) is 13.1. The van der Waals surface area contributed by atoms with Crippen molar-refractivity contribution in [3.8, 4) is 0 Å². The van der Waals surface area contributed by atoms with E-state index < -0.39 is 6.85 Å². The average molecular weight is 259 g/mol. The van der Waals surface area contributed by atoms with Gasteiger partial charge in [0.05, 0.1) is 11.4 Å². The Morgan fingerprint density at radius 2 is 2.21 bits per heavy atom. The number of benzene rings is 1. The summed E-state index contributed by atoms with van der Waals surface area (Å²) in [4.78, 5) is 11.2. The molecular formula is C11H14BrNO. The Balaban J connectivity index is 2.77. The monoisotopic (exact) mass is 258 g/mol. The summed E-state index contributed by atoms with van der Waals surface area (Å²) in [5.74, 6) is -0.0996. The van der Waals surface area contributed by atoms with Crippen LogP contribution in [-0.2, 0) is 4.79 Å². The Morgan fingerprint density at radius 1 is 1.57 bits per heavy atom.